The highest BCUT2D eigenvalue weighted by atomic mass is 16.5. The second kappa shape index (κ2) is 6.99. The van der Waals surface area contributed by atoms with Crippen molar-refractivity contribution in [3.05, 3.63) is 29.8 Å². The number of ether oxygens (including phenoxy) is 1. The molecule has 0 N–H and O–H groups in total. The Balaban J connectivity index is 1.67. The van der Waals surface area contributed by atoms with Crippen molar-refractivity contribution in [1.82, 2.24) is 14.7 Å². The fraction of sp³-hybridized carbons (Fsp3) is 0.667. The molecular weight excluding hydrogens is 274 g/mol. The predicted molar refractivity (Wildman–Crippen MR) is 90.5 cm³/mol. The lowest BCUT2D eigenvalue weighted by Crippen LogP contribution is -2.53. The zero-order chi connectivity index (χ0) is 15.5. The maximum Gasteiger partial charge on any atom is 0.118 e. The molecule has 2 fully saturated rings. The van der Waals surface area contributed by atoms with Crippen LogP contribution in [0.3, 0.4) is 0 Å². The first-order valence-electron chi connectivity index (χ1n) is 8.44. The first-order valence-corrected chi connectivity index (χ1v) is 8.44. The van der Waals surface area contributed by atoms with Crippen LogP contribution in [0.5, 0.6) is 5.75 Å². The molecule has 1 aromatic rings. The van der Waals surface area contributed by atoms with Gasteiger partial charge in [0.25, 0.3) is 0 Å². The molecule has 2 aliphatic rings. The van der Waals surface area contributed by atoms with Crippen LogP contribution in [0, 0.1) is 0 Å². The van der Waals surface area contributed by atoms with Crippen LogP contribution in [0.4, 0.5) is 0 Å². The number of hydrogen-bond acceptors (Lipinski definition) is 4. The zero-order valence-corrected chi connectivity index (χ0v) is 14.2. The molecule has 122 valence electrons. The summed E-state index contributed by atoms with van der Waals surface area (Å²) in [5.74, 6) is 0.939. The van der Waals surface area contributed by atoms with Crippen molar-refractivity contribution >= 4 is 0 Å². The number of nitrogens with zero attached hydrogens (tertiary/aromatic N) is 3. The van der Waals surface area contributed by atoms with E-state index in [-0.39, 0.29) is 0 Å². The maximum absolute atomic E-state index is 5.28. The summed E-state index contributed by atoms with van der Waals surface area (Å²) in [4.78, 5) is 7.67. The highest BCUT2D eigenvalue weighted by molar-refractivity contribution is 5.29. The van der Waals surface area contributed by atoms with Gasteiger partial charge < -0.3 is 9.64 Å². The number of likely N-dealkylation sites (tertiary alicyclic amines) is 1. The summed E-state index contributed by atoms with van der Waals surface area (Å²) in [5, 5.41) is 0. The van der Waals surface area contributed by atoms with Crippen molar-refractivity contribution in [2.45, 2.75) is 24.9 Å². The Labute approximate surface area is 134 Å². The molecule has 0 unspecified atom stereocenters. The highest BCUT2D eigenvalue weighted by Crippen LogP contribution is 2.28. The maximum atomic E-state index is 5.28. The summed E-state index contributed by atoms with van der Waals surface area (Å²) < 4.78 is 5.28. The summed E-state index contributed by atoms with van der Waals surface area (Å²) in [6.45, 7) is 5.99. The van der Waals surface area contributed by atoms with Crippen molar-refractivity contribution in [3.8, 4) is 5.75 Å². The van der Waals surface area contributed by atoms with Gasteiger partial charge in [-0.15, -0.1) is 0 Å². The normalized spacial score (nSPS) is 26.2. The molecule has 1 atom stereocenters. The molecule has 0 radical (unpaired) electrons. The summed E-state index contributed by atoms with van der Waals surface area (Å²) >= 11 is 0. The van der Waals surface area contributed by atoms with Gasteiger partial charge >= 0.3 is 0 Å². The molecule has 3 rings (SSSR count). The summed E-state index contributed by atoms with van der Waals surface area (Å²) in [6, 6.07) is 9.87. The predicted octanol–water partition coefficient (Wildman–Crippen LogP) is 2.08. The van der Waals surface area contributed by atoms with E-state index < -0.39 is 0 Å². The molecule has 2 saturated heterocycles. The smallest absolute Gasteiger partial charge is 0.118 e. The van der Waals surface area contributed by atoms with Gasteiger partial charge in [0, 0.05) is 31.7 Å². The van der Waals surface area contributed by atoms with Gasteiger partial charge in [-0.3, -0.25) is 9.80 Å². The van der Waals surface area contributed by atoms with E-state index in [0.29, 0.717) is 6.04 Å². The molecule has 4 heteroatoms. The van der Waals surface area contributed by atoms with Gasteiger partial charge in [-0.05, 0) is 57.7 Å². The number of piperidine rings is 1. The minimum absolute atomic E-state index is 0.499. The number of benzene rings is 1. The second-order valence-corrected chi connectivity index (χ2v) is 6.80. The SMILES string of the molecule is COc1ccc([C@@H]2CN(C3CCN(C)CC3)CCN2C)cc1. The third-order valence-electron chi connectivity index (χ3n) is 5.38. The minimum Gasteiger partial charge on any atom is -0.497 e. The monoisotopic (exact) mass is 303 g/mol. The topological polar surface area (TPSA) is 19.0 Å². The van der Waals surface area contributed by atoms with Crippen LogP contribution in [0.1, 0.15) is 24.4 Å². The van der Waals surface area contributed by atoms with Crippen molar-refractivity contribution < 1.29 is 4.74 Å². The van der Waals surface area contributed by atoms with Gasteiger partial charge in [-0.1, -0.05) is 12.1 Å². The van der Waals surface area contributed by atoms with Crippen LogP contribution in [-0.4, -0.2) is 74.7 Å². The largest absolute Gasteiger partial charge is 0.497 e. The number of piperazine rings is 1. The summed E-state index contributed by atoms with van der Waals surface area (Å²) in [7, 11) is 6.21. The van der Waals surface area contributed by atoms with E-state index in [1.807, 2.05) is 0 Å². The molecule has 4 nitrogen and oxygen atoms in total. The van der Waals surface area contributed by atoms with E-state index in [4.69, 9.17) is 4.74 Å². The highest BCUT2D eigenvalue weighted by Gasteiger charge is 2.31. The fourth-order valence-corrected chi connectivity index (χ4v) is 3.77. The Kier molecular flexibility index (Phi) is 5.01. The molecule has 0 bridgehead atoms. The third kappa shape index (κ3) is 3.45. The summed E-state index contributed by atoms with van der Waals surface area (Å²) in [5.41, 5.74) is 1.40. The number of methoxy groups -OCH3 is 1. The van der Waals surface area contributed by atoms with E-state index in [0.717, 1.165) is 24.9 Å². The van der Waals surface area contributed by atoms with Gasteiger partial charge in [-0.25, -0.2) is 0 Å². The van der Waals surface area contributed by atoms with Gasteiger partial charge in [-0.2, -0.15) is 0 Å². The van der Waals surface area contributed by atoms with Crippen molar-refractivity contribution in [3.63, 3.8) is 0 Å². The van der Waals surface area contributed by atoms with E-state index in [2.05, 4.69) is 53.1 Å². The molecule has 0 saturated carbocycles. The average molecular weight is 303 g/mol. The molecule has 0 aromatic heterocycles. The fourth-order valence-electron chi connectivity index (χ4n) is 3.77. The molecule has 2 aliphatic heterocycles. The molecule has 0 amide bonds. The Morgan fingerprint density at radius 1 is 0.955 bits per heavy atom. The zero-order valence-electron chi connectivity index (χ0n) is 14.2. The quantitative estimate of drug-likeness (QED) is 0.851. The third-order valence-corrected chi connectivity index (χ3v) is 5.38. The minimum atomic E-state index is 0.499. The van der Waals surface area contributed by atoms with E-state index >= 15 is 0 Å². The van der Waals surface area contributed by atoms with Crippen molar-refractivity contribution in [2.75, 3.05) is 53.9 Å². The van der Waals surface area contributed by atoms with Crippen LogP contribution in [-0.2, 0) is 0 Å². The van der Waals surface area contributed by atoms with Crippen LogP contribution in [0.2, 0.25) is 0 Å². The lowest BCUT2D eigenvalue weighted by molar-refractivity contribution is 0.0399. The molecule has 0 aliphatic carbocycles. The first-order chi connectivity index (χ1) is 10.7. The molecular formula is C18H29N3O. The Bertz CT molecular complexity index is 468. The number of hydrogen-bond donors (Lipinski definition) is 0. The van der Waals surface area contributed by atoms with E-state index in [1.165, 1.54) is 38.0 Å². The molecule has 0 spiro atoms. The standard InChI is InChI=1S/C18H29N3O/c1-19-10-8-16(9-11-19)21-13-12-20(2)18(14-21)15-4-6-17(22-3)7-5-15/h4-7,16,18H,8-14H2,1-3H3/t18-/m0/s1. The van der Waals surface area contributed by atoms with Crippen molar-refractivity contribution in [2.24, 2.45) is 0 Å². The summed E-state index contributed by atoms with van der Waals surface area (Å²) in [6.07, 6.45) is 2.63. The lowest BCUT2D eigenvalue weighted by atomic mass is 9.98. The Morgan fingerprint density at radius 3 is 2.27 bits per heavy atom. The Hall–Kier alpha value is -1.10. The van der Waals surface area contributed by atoms with Crippen LogP contribution < -0.4 is 4.74 Å². The number of likely N-dealkylation sites (N-methyl/N-ethyl adjacent to an activating group) is 1. The second-order valence-electron chi connectivity index (χ2n) is 6.80. The molecule has 22 heavy (non-hydrogen) atoms. The van der Waals surface area contributed by atoms with E-state index in [1.54, 1.807) is 7.11 Å². The lowest BCUT2D eigenvalue weighted by Gasteiger charge is -2.45. The van der Waals surface area contributed by atoms with Gasteiger partial charge in [0.15, 0.2) is 0 Å². The van der Waals surface area contributed by atoms with Crippen molar-refractivity contribution in [1.29, 1.82) is 0 Å². The average Bonchev–Trinajstić information content (AvgIpc) is 2.56. The van der Waals surface area contributed by atoms with Gasteiger partial charge in [0.2, 0.25) is 0 Å². The van der Waals surface area contributed by atoms with Crippen LogP contribution in [0.25, 0.3) is 0 Å². The molecule has 1 aromatic carbocycles. The Morgan fingerprint density at radius 2 is 1.64 bits per heavy atom. The van der Waals surface area contributed by atoms with Gasteiger partial charge in [0.05, 0.1) is 7.11 Å². The number of rotatable bonds is 3. The first kappa shape index (κ1) is 15.8. The molecule has 2 heterocycles. The van der Waals surface area contributed by atoms with Gasteiger partial charge in [0.1, 0.15) is 5.75 Å². The van der Waals surface area contributed by atoms with Crippen LogP contribution >= 0.6 is 0 Å². The van der Waals surface area contributed by atoms with E-state index in [9.17, 15) is 0 Å². The van der Waals surface area contributed by atoms with Crippen LogP contribution in [0.15, 0.2) is 24.3 Å².